The van der Waals surface area contributed by atoms with Crippen LogP contribution in [0.3, 0.4) is 0 Å². The van der Waals surface area contributed by atoms with Crippen LogP contribution in [-0.2, 0) is 22.5 Å². The van der Waals surface area contributed by atoms with Gasteiger partial charge in [0, 0.05) is 49.5 Å². The molecule has 0 aliphatic rings. The predicted molar refractivity (Wildman–Crippen MR) is 148 cm³/mol. The minimum absolute atomic E-state index is 0.0399. The third-order valence-electron chi connectivity index (χ3n) is 6.38. The second-order valence-corrected chi connectivity index (χ2v) is 9.12. The van der Waals surface area contributed by atoms with Crippen LogP contribution in [0.2, 0.25) is 0 Å². The summed E-state index contributed by atoms with van der Waals surface area (Å²) in [4.78, 5) is 33.3. The predicted octanol–water partition coefficient (Wildman–Crippen LogP) is 5.23. The Bertz CT molecular complexity index is 1300. The Morgan fingerprint density at radius 1 is 0.892 bits per heavy atom. The van der Waals surface area contributed by atoms with E-state index in [1.165, 1.54) is 4.90 Å². The van der Waals surface area contributed by atoms with E-state index in [0.717, 1.165) is 27.6 Å². The third-order valence-corrected chi connectivity index (χ3v) is 6.38. The molecule has 7 nitrogen and oxygen atoms in total. The number of nitrogens with one attached hydrogen (secondary N) is 2. The number of rotatable bonds is 11. The maximum absolute atomic E-state index is 13.6. The first-order valence-electron chi connectivity index (χ1n) is 12.5. The number of carbonyl (C=O) groups is 2. The molecule has 1 heterocycles. The molecule has 4 rings (SSSR count). The summed E-state index contributed by atoms with van der Waals surface area (Å²) in [6, 6.07) is 25.3. The lowest BCUT2D eigenvalue weighted by Crippen LogP contribution is -2.46. The summed E-state index contributed by atoms with van der Waals surface area (Å²) >= 11 is 0. The number of urea groups is 1. The fourth-order valence-electron chi connectivity index (χ4n) is 4.25. The van der Waals surface area contributed by atoms with Crippen molar-refractivity contribution in [2.75, 3.05) is 38.7 Å². The summed E-state index contributed by atoms with van der Waals surface area (Å²) in [5.41, 5.74) is 5.08. The average molecular weight is 499 g/mol. The molecule has 37 heavy (non-hydrogen) atoms. The number of aromatic amines is 1. The SMILES string of the molecule is COCCN(CC(=O)N(CCc1c[nH]c2ccccc12)Cc1ccccc1)C(=O)Nc1ccc(C)cc1. The number of amides is 3. The van der Waals surface area contributed by atoms with E-state index >= 15 is 0 Å². The highest BCUT2D eigenvalue weighted by Crippen LogP contribution is 2.19. The normalized spacial score (nSPS) is 10.9. The van der Waals surface area contributed by atoms with Crippen molar-refractivity contribution in [3.63, 3.8) is 0 Å². The Morgan fingerprint density at radius 2 is 1.62 bits per heavy atom. The van der Waals surface area contributed by atoms with Gasteiger partial charge in [0.25, 0.3) is 0 Å². The number of aryl methyl sites for hydroxylation is 1. The molecule has 2 N–H and O–H groups in total. The first-order chi connectivity index (χ1) is 18.0. The van der Waals surface area contributed by atoms with E-state index in [0.29, 0.717) is 38.3 Å². The number of methoxy groups -OCH3 is 1. The number of anilines is 1. The monoisotopic (exact) mass is 498 g/mol. The molecule has 3 amide bonds. The Kier molecular flexibility index (Phi) is 8.94. The summed E-state index contributed by atoms with van der Waals surface area (Å²) in [5, 5.41) is 4.06. The molecule has 0 radical (unpaired) electrons. The summed E-state index contributed by atoms with van der Waals surface area (Å²) in [6.45, 7) is 3.60. The molecule has 4 aromatic rings. The van der Waals surface area contributed by atoms with E-state index in [-0.39, 0.29) is 18.5 Å². The van der Waals surface area contributed by atoms with Crippen molar-refractivity contribution in [3.8, 4) is 0 Å². The van der Waals surface area contributed by atoms with Crippen LogP contribution in [-0.4, -0.2) is 60.1 Å². The lowest BCUT2D eigenvalue weighted by molar-refractivity contribution is -0.132. The van der Waals surface area contributed by atoms with E-state index in [4.69, 9.17) is 4.74 Å². The second-order valence-electron chi connectivity index (χ2n) is 9.12. The van der Waals surface area contributed by atoms with Crippen LogP contribution in [0, 0.1) is 6.92 Å². The maximum atomic E-state index is 13.6. The third kappa shape index (κ3) is 7.21. The summed E-state index contributed by atoms with van der Waals surface area (Å²) < 4.78 is 5.21. The molecule has 0 unspecified atom stereocenters. The van der Waals surface area contributed by atoms with Gasteiger partial charge in [-0.25, -0.2) is 4.79 Å². The molecule has 0 aliphatic carbocycles. The fraction of sp³-hybridized carbons (Fsp3) is 0.267. The number of fused-ring (bicyclic) bond motifs is 1. The molecule has 0 spiro atoms. The number of carbonyl (C=O) groups excluding carboxylic acids is 2. The Morgan fingerprint density at radius 3 is 2.38 bits per heavy atom. The quantitative estimate of drug-likeness (QED) is 0.297. The van der Waals surface area contributed by atoms with Gasteiger partial charge in [0.1, 0.15) is 6.54 Å². The minimum Gasteiger partial charge on any atom is -0.383 e. The molecule has 7 heteroatoms. The van der Waals surface area contributed by atoms with Gasteiger partial charge in [-0.1, -0.05) is 66.2 Å². The van der Waals surface area contributed by atoms with Gasteiger partial charge in [-0.3, -0.25) is 4.79 Å². The zero-order valence-electron chi connectivity index (χ0n) is 21.4. The van der Waals surface area contributed by atoms with Gasteiger partial charge in [-0.05, 0) is 42.7 Å². The molecule has 0 bridgehead atoms. The number of para-hydroxylation sites is 1. The van der Waals surface area contributed by atoms with Crippen LogP contribution in [0.5, 0.6) is 0 Å². The summed E-state index contributed by atoms with van der Waals surface area (Å²) in [5.74, 6) is -0.112. The van der Waals surface area contributed by atoms with Crippen molar-refractivity contribution in [1.29, 1.82) is 0 Å². The van der Waals surface area contributed by atoms with E-state index in [9.17, 15) is 9.59 Å². The number of benzene rings is 3. The van der Waals surface area contributed by atoms with Crippen LogP contribution in [0.25, 0.3) is 10.9 Å². The van der Waals surface area contributed by atoms with Crippen molar-refractivity contribution in [2.24, 2.45) is 0 Å². The molecule has 0 saturated carbocycles. The molecular formula is C30H34N4O3. The standard InChI is InChI=1S/C30H34N4O3/c1-23-12-14-26(15-13-23)32-30(36)34(18-19-37-2)22-29(35)33(21-24-8-4-3-5-9-24)17-16-25-20-31-28-11-7-6-10-27(25)28/h3-15,20,31H,16-19,21-22H2,1-2H3,(H,32,36). The van der Waals surface area contributed by atoms with Gasteiger partial charge in [-0.15, -0.1) is 0 Å². The highest BCUT2D eigenvalue weighted by atomic mass is 16.5. The van der Waals surface area contributed by atoms with Gasteiger partial charge >= 0.3 is 6.03 Å². The molecule has 1 aromatic heterocycles. The minimum atomic E-state index is -0.328. The molecule has 0 saturated heterocycles. The van der Waals surface area contributed by atoms with E-state index in [2.05, 4.69) is 16.4 Å². The van der Waals surface area contributed by atoms with Crippen LogP contribution in [0.1, 0.15) is 16.7 Å². The number of H-pyrrole nitrogens is 1. The van der Waals surface area contributed by atoms with Gasteiger partial charge in [0.05, 0.1) is 6.61 Å². The van der Waals surface area contributed by atoms with E-state index in [1.807, 2.05) is 90.8 Å². The Balaban J connectivity index is 1.48. The van der Waals surface area contributed by atoms with Crippen LogP contribution in [0.15, 0.2) is 85.1 Å². The number of hydrogen-bond donors (Lipinski definition) is 2. The molecule has 3 aromatic carbocycles. The molecule has 0 atom stereocenters. The molecule has 0 aliphatic heterocycles. The van der Waals surface area contributed by atoms with E-state index < -0.39 is 0 Å². The van der Waals surface area contributed by atoms with Crippen molar-refractivity contribution < 1.29 is 14.3 Å². The van der Waals surface area contributed by atoms with Gasteiger partial charge in [0.2, 0.25) is 5.91 Å². The van der Waals surface area contributed by atoms with Crippen LogP contribution < -0.4 is 5.32 Å². The molecule has 192 valence electrons. The number of ether oxygens (including phenoxy) is 1. The molecular weight excluding hydrogens is 464 g/mol. The van der Waals surface area contributed by atoms with Crippen molar-refractivity contribution in [3.05, 3.63) is 102 Å². The zero-order valence-corrected chi connectivity index (χ0v) is 21.4. The number of hydrogen-bond acceptors (Lipinski definition) is 3. The first kappa shape index (κ1) is 26.0. The number of nitrogens with zero attached hydrogens (tertiary/aromatic N) is 2. The number of aromatic nitrogens is 1. The Labute approximate surface area is 218 Å². The van der Waals surface area contributed by atoms with Crippen LogP contribution in [0.4, 0.5) is 10.5 Å². The Hall–Kier alpha value is -4.10. The van der Waals surface area contributed by atoms with Crippen molar-refractivity contribution in [1.82, 2.24) is 14.8 Å². The highest BCUT2D eigenvalue weighted by Gasteiger charge is 2.22. The second kappa shape index (κ2) is 12.7. The molecule has 0 fully saturated rings. The highest BCUT2D eigenvalue weighted by molar-refractivity contribution is 5.92. The van der Waals surface area contributed by atoms with Crippen molar-refractivity contribution >= 4 is 28.5 Å². The lowest BCUT2D eigenvalue weighted by atomic mass is 10.1. The average Bonchev–Trinajstić information content (AvgIpc) is 3.33. The lowest BCUT2D eigenvalue weighted by Gasteiger charge is -2.28. The van der Waals surface area contributed by atoms with Crippen molar-refractivity contribution in [2.45, 2.75) is 19.9 Å². The van der Waals surface area contributed by atoms with Gasteiger partial charge in [0.15, 0.2) is 0 Å². The maximum Gasteiger partial charge on any atom is 0.322 e. The van der Waals surface area contributed by atoms with E-state index in [1.54, 1.807) is 7.11 Å². The fourth-order valence-corrected chi connectivity index (χ4v) is 4.25. The first-order valence-corrected chi connectivity index (χ1v) is 12.5. The smallest absolute Gasteiger partial charge is 0.322 e. The topological polar surface area (TPSA) is 77.7 Å². The summed E-state index contributed by atoms with van der Waals surface area (Å²) in [6.07, 6.45) is 2.71. The summed E-state index contributed by atoms with van der Waals surface area (Å²) in [7, 11) is 1.58. The largest absolute Gasteiger partial charge is 0.383 e. The van der Waals surface area contributed by atoms with Crippen LogP contribution >= 0.6 is 0 Å². The van der Waals surface area contributed by atoms with Gasteiger partial charge in [-0.2, -0.15) is 0 Å². The van der Waals surface area contributed by atoms with Gasteiger partial charge < -0.3 is 24.8 Å². The zero-order chi connectivity index (χ0) is 26.0.